The summed E-state index contributed by atoms with van der Waals surface area (Å²) < 4.78 is 22.8. The lowest BCUT2D eigenvalue weighted by atomic mass is 10.0. The Morgan fingerprint density at radius 3 is 2.88 bits per heavy atom. The van der Waals surface area contributed by atoms with E-state index < -0.39 is 0 Å². The first-order valence-corrected chi connectivity index (χ1v) is 5.88. The zero-order valence-corrected chi connectivity index (χ0v) is 10.3. The van der Waals surface area contributed by atoms with Gasteiger partial charge in [0.2, 0.25) is 0 Å². The van der Waals surface area contributed by atoms with Crippen LogP contribution in [-0.2, 0) is 0 Å². The van der Waals surface area contributed by atoms with E-state index in [1.165, 1.54) is 18.6 Å². The highest BCUT2D eigenvalue weighted by atomic mass is 32.1. The highest BCUT2D eigenvalue weighted by Gasteiger charge is 2.20. The molecule has 1 unspecified atom stereocenters. The van der Waals surface area contributed by atoms with E-state index in [0.717, 1.165) is 0 Å². The predicted molar refractivity (Wildman–Crippen MR) is 63.8 cm³/mol. The molecule has 0 radical (unpaired) electrons. The molecule has 0 amide bonds. The summed E-state index contributed by atoms with van der Waals surface area (Å²) in [4.78, 5) is 0. The summed E-state index contributed by atoms with van der Waals surface area (Å²) in [5.41, 5.74) is 1.20. The average molecular weight is 253 g/mol. The normalized spacial score (nSPS) is 12.4. The molecule has 1 atom stereocenters. The van der Waals surface area contributed by atoms with Crippen LogP contribution in [0.15, 0.2) is 23.6 Å². The summed E-state index contributed by atoms with van der Waals surface area (Å²) in [6, 6.07) is 4.73. The number of benzene rings is 1. The Kier molecular flexibility index (Phi) is 3.65. The predicted octanol–water partition coefficient (Wildman–Crippen LogP) is 1.99. The van der Waals surface area contributed by atoms with Gasteiger partial charge in [0.25, 0.3) is 0 Å². The number of rotatable bonds is 4. The van der Waals surface area contributed by atoms with Gasteiger partial charge >= 0.3 is 0 Å². The second-order valence-electron chi connectivity index (χ2n) is 3.41. The number of hydrogen-bond acceptors (Lipinski definition) is 5. The summed E-state index contributed by atoms with van der Waals surface area (Å²) in [5, 5.41) is 8.77. The molecule has 2 aromatic rings. The van der Waals surface area contributed by atoms with Gasteiger partial charge in [-0.15, -0.1) is 5.10 Å². The van der Waals surface area contributed by atoms with Gasteiger partial charge in [0.15, 0.2) is 11.6 Å². The topological polar surface area (TPSA) is 47.0 Å². The lowest BCUT2D eigenvalue weighted by molar-refractivity contribution is 0.382. The lowest BCUT2D eigenvalue weighted by Crippen LogP contribution is -2.19. The number of nitrogens with zero attached hydrogens (tertiary/aromatic N) is 2. The van der Waals surface area contributed by atoms with E-state index in [4.69, 9.17) is 4.74 Å². The van der Waals surface area contributed by atoms with Crippen molar-refractivity contribution in [2.45, 2.75) is 6.04 Å². The first-order chi connectivity index (χ1) is 8.27. The van der Waals surface area contributed by atoms with Crippen LogP contribution in [0.5, 0.6) is 5.75 Å². The summed E-state index contributed by atoms with van der Waals surface area (Å²) in [6.07, 6.45) is 0. The van der Waals surface area contributed by atoms with Crippen molar-refractivity contribution in [2.24, 2.45) is 0 Å². The number of nitrogens with one attached hydrogen (secondary N) is 1. The van der Waals surface area contributed by atoms with Gasteiger partial charge in [0, 0.05) is 10.9 Å². The van der Waals surface area contributed by atoms with Gasteiger partial charge in [-0.2, -0.15) is 0 Å². The zero-order chi connectivity index (χ0) is 12.3. The van der Waals surface area contributed by atoms with E-state index >= 15 is 0 Å². The van der Waals surface area contributed by atoms with E-state index in [-0.39, 0.29) is 17.6 Å². The van der Waals surface area contributed by atoms with Crippen LogP contribution in [0.4, 0.5) is 4.39 Å². The van der Waals surface area contributed by atoms with Gasteiger partial charge in [0.05, 0.1) is 18.8 Å². The molecule has 1 aromatic carbocycles. The Morgan fingerprint density at radius 2 is 2.29 bits per heavy atom. The van der Waals surface area contributed by atoms with Gasteiger partial charge in [-0.05, 0) is 24.6 Å². The van der Waals surface area contributed by atoms with Crippen LogP contribution in [0.3, 0.4) is 0 Å². The number of halogens is 1. The molecular formula is C11H12FN3OS. The van der Waals surface area contributed by atoms with Crippen molar-refractivity contribution in [3.63, 3.8) is 0 Å². The van der Waals surface area contributed by atoms with Crippen LogP contribution in [-0.4, -0.2) is 23.7 Å². The van der Waals surface area contributed by atoms with Gasteiger partial charge in [-0.3, -0.25) is 0 Å². The maximum Gasteiger partial charge on any atom is 0.170 e. The molecule has 0 bridgehead atoms. The summed E-state index contributed by atoms with van der Waals surface area (Å²) >= 11 is 1.24. The number of hydrogen-bond donors (Lipinski definition) is 1. The monoisotopic (exact) mass is 253 g/mol. The van der Waals surface area contributed by atoms with Gasteiger partial charge in [0.1, 0.15) is 0 Å². The first kappa shape index (κ1) is 11.9. The Hall–Kier alpha value is -1.53. The Balaban J connectivity index is 2.44. The highest BCUT2D eigenvalue weighted by Crippen LogP contribution is 2.28. The quantitative estimate of drug-likeness (QED) is 0.905. The molecule has 1 aromatic heterocycles. The second-order valence-corrected chi connectivity index (χ2v) is 4.02. The Morgan fingerprint density at radius 1 is 1.47 bits per heavy atom. The maximum absolute atomic E-state index is 14.1. The molecule has 0 saturated heterocycles. The number of aromatic nitrogens is 2. The fraction of sp³-hybridized carbons (Fsp3) is 0.273. The molecule has 2 rings (SSSR count). The third kappa shape index (κ3) is 2.27. The SMILES string of the molecule is CNC(c1csnn1)c1cccc(OC)c1F. The summed E-state index contributed by atoms with van der Waals surface area (Å²) in [7, 11) is 3.20. The van der Waals surface area contributed by atoms with Crippen LogP contribution < -0.4 is 10.1 Å². The molecule has 0 fully saturated rings. The van der Waals surface area contributed by atoms with Gasteiger partial charge < -0.3 is 10.1 Å². The molecule has 90 valence electrons. The van der Waals surface area contributed by atoms with Crippen LogP contribution in [0.25, 0.3) is 0 Å². The number of ether oxygens (including phenoxy) is 1. The van der Waals surface area contributed by atoms with Crippen LogP contribution >= 0.6 is 11.5 Å². The van der Waals surface area contributed by atoms with E-state index in [0.29, 0.717) is 11.3 Å². The highest BCUT2D eigenvalue weighted by molar-refractivity contribution is 7.03. The van der Waals surface area contributed by atoms with Crippen molar-refractivity contribution in [1.29, 1.82) is 0 Å². The largest absolute Gasteiger partial charge is 0.494 e. The Bertz CT molecular complexity index is 489. The van der Waals surface area contributed by atoms with Crippen LogP contribution in [0.1, 0.15) is 17.3 Å². The molecular weight excluding hydrogens is 241 g/mol. The minimum atomic E-state index is -0.373. The van der Waals surface area contributed by atoms with Crippen molar-refractivity contribution in [3.05, 3.63) is 40.7 Å². The Labute approximate surface area is 103 Å². The molecule has 17 heavy (non-hydrogen) atoms. The molecule has 0 aliphatic carbocycles. The molecule has 4 nitrogen and oxygen atoms in total. The van der Waals surface area contributed by atoms with Crippen molar-refractivity contribution < 1.29 is 9.13 Å². The molecule has 1 N–H and O–H groups in total. The standard InChI is InChI=1S/C11H12FN3OS/c1-13-11(8-6-17-15-14-8)7-4-3-5-9(16-2)10(7)12/h3-6,11,13H,1-2H3. The van der Waals surface area contributed by atoms with Crippen molar-refractivity contribution in [2.75, 3.05) is 14.2 Å². The summed E-state index contributed by atoms with van der Waals surface area (Å²) in [6.45, 7) is 0. The van der Waals surface area contributed by atoms with E-state index in [9.17, 15) is 4.39 Å². The second kappa shape index (κ2) is 5.20. The fourth-order valence-electron chi connectivity index (χ4n) is 1.67. The van der Waals surface area contributed by atoms with Crippen molar-refractivity contribution >= 4 is 11.5 Å². The molecule has 6 heteroatoms. The smallest absolute Gasteiger partial charge is 0.170 e. The minimum absolute atomic E-state index is 0.228. The van der Waals surface area contributed by atoms with Crippen LogP contribution in [0.2, 0.25) is 0 Å². The first-order valence-electron chi connectivity index (χ1n) is 5.04. The van der Waals surface area contributed by atoms with E-state index in [1.54, 1.807) is 30.6 Å². The zero-order valence-electron chi connectivity index (χ0n) is 9.48. The summed E-state index contributed by atoms with van der Waals surface area (Å²) in [5.74, 6) is -0.145. The average Bonchev–Trinajstić information content (AvgIpc) is 2.86. The third-order valence-corrected chi connectivity index (χ3v) is 3.01. The van der Waals surface area contributed by atoms with Crippen LogP contribution in [0, 0.1) is 5.82 Å². The van der Waals surface area contributed by atoms with Crippen molar-refractivity contribution in [1.82, 2.24) is 14.9 Å². The van der Waals surface area contributed by atoms with Gasteiger partial charge in [-0.25, -0.2) is 4.39 Å². The third-order valence-electron chi connectivity index (χ3n) is 2.49. The van der Waals surface area contributed by atoms with Crippen molar-refractivity contribution in [3.8, 4) is 5.75 Å². The van der Waals surface area contributed by atoms with E-state index in [1.807, 2.05) is 0 Å². The van der Waals surface area contributed by atoms with E-state index in [2.05, 4.69) is 14.9 Å². The minimum Gasteiger partial charge on any atom is -0.494 e. The molecule has 0 saturated carbocycles. The molecule has 0 aliphatic rings. The fourth-order valence-corrected chi connectivity index (χ4v) is 2.15. The molecule has 0 spiro atoms. The lowest BCUT2D eigenvalue weighted by Gasteiger charge is -2.15. The number of methoxy groups -OCH3 is 1. The van der Waals surface area contributed by atoms with Gasteiger partial charge in [-0.1, -0.05) is 16.6 Å². The maximum atomic E-state index is 14.1. The molecule has 0 aliphatic heterocycles. The molecule has 1 heterocycles.